The van der Waals surface area contributed by atoms with E-state index in [1.165, 1.54) is 4.90 Å². The van der Waals surface area contributed by atoms with Gasteiger partial charge in [-0.2, -0.15) is 0 Å². The van der Waals surface area contributed by atoms with Gasteiger partial charge in [-0.15, -0.1) is 0 Å². The van der Waals surface area contributed by atoms with Crippen LogP contribution < -0.4 is 20.7 Å². The summed E-state index contributed by atoms with van der Waals surface area (Å²) < 4.78 is 0. The molecule has 0 bridgehead atoms. The van der Waals surface area contributed by atoms with Crippen LogP contribution in [0.15, 0.2) is 84.9 Å². The lowest BCUT2D eigenvalue weighted by Crippen LogP contribution is -2.44. The van der Waals surface area contributed by atoms with E-state index in [-0.39, 0.29) is 37.1 Å². The summed E-state index contributed by atoms with van der Waals surface area (Å²) in [7, 11) is 0. The Labute approximate surface area is 186 Å². The Morgan fingerprint density at radius 2 is 1.53 bits per heavy atom. The SMILES string of the molecule is O=C1CN(C(=O)CCC(=O)NN(Cc2ccccc2)c2ccccc2)c2ccccc2N1. The number of nitrogens with one attached hydrogen (secondary N) is 2. The van der Waals surface area contributed by atoms with E-state index in [0.717, 1.165) is 11.3 Å². The van der Waals surface area contributed by atoms with Crippen molar-refractivity contribution >= 4 is 34.8 Å². The zero-order valence-electron chi connectivity index (χ0n) is 17.5. The van der Waals surface area contributed by atoms with Crippen molar-refractivity contribution in [3.63, 3.8) is 0 Å². The minimum atomic E-state index is -0.270. The van der Waals surface area contributed by atoms with Crippen molar-refractivity contribution in [3.8, 4) is 0 Å². The van der Waals surface area contributed by atoms with Crippen molar-refractivity contribution in [2.45, 2.75) is 19.4 Å². The topological polar surface area (TPSA) is 81.8 Å². The number of para-hydroxylation sites is 3. The van der Waals surface area contributed by atoms with Crippen molar-refractivity contribution < 1.29 is 14.4 Å². The van der Waals surface area contributed by atoms with Crippen LogP contribution in [0.1, 0.15) is 18.4 Å². The first kappa shape index (κ1) is 21.1. The second kappa shape index (κ2) is 9.78. The Morgan fingerprint density at radius 1 is 0.875 bits per heavy atom. The lowest BCUT2D eigenvalue weighted by Gasteiger charge is -2.29. The van der Waals surface area contributed by atoms with Crippen LogP contribution in [0.5, 0.6) is 0 Å². The molecule has 4 rings (SSSR count). The summed E-state index contributed by atoms with van der Waals surface area (Å²) in [6, 6.07) is 26.5. The molecule has 0 atom stereocenters. The first-order chi connectivity index (χ1) is 15.6. The molecule has 7 nitrogen and oxygen atoms in total. The first-order valence-corrected chi connectivity index (χ1v) is 10.5. The number of carbonyl (C=O) groups excluding carboxylic acids is 3. The summed E-state index contributed by atoms with van der Waals surface area (Å²) in [5.74, 6) is -0.788. The molecule has 3 amide bonds. The summed E-state index contributed by atoms with van der Waals surface area (Å²) in [4.78, 5) is 38.9. The van der Waals surface area contributed by atoms with Gasteiger partial charge < -0.3 is 10.2 Å². The average molecular weight is 428 g/mol. The van der Waals surface area contributed by atoms with Crippen LogP contribution in [0.4, 0.5) is 17.1 Å². The molecule has 3 aromatic rings. The zero-order chi connectivity index (χ0) is 22.3. The van der Waals surface area contributed by atoms with Gasteiger partial charge >= 0.3 is 0 Å². The molecule has 0 unspecified atom stereocenters. The van der Waals surface area contributed by atoms with Gasteiger partial charge in [0.05, 0.1) is 23.6 Å². The number of fused-ring (bicyclic) bond motifs is 1. The van der Waals surface area contributed by atoms with E-state index in [9.17, 15) is 14.4 Å². The number of rotatable bonds is 7. The molecule has 0 saturated carbocycles. The summed E-state index contributed by atoms with van der Waals surface area (Å²) >= 11 is 0. The van der Waals surface area contributed by atoms with Gasteiger partial charge in [0.15, 0.2) is 0 Å². The van der Waals surface area contributed by atoms with E-state index < -0.39 is 0 Å². The van der Waals surface area contributed by atoms with E-state index in [2.05, 4.69) is 10.7 Å². The lowest BCUT2D eigenvalue weighted by molar-refractivity contribution is -0.125. The van der Waals surface area contributed by atoms with Gasteiger partial charge in [-0.1, -0.05) is 60.7 Å². The minimum absolute atomic E-state index is 0.00140. The molecule has 1 heterocycles. The minimum Gasteiger partial charge on any atom is -0.323 e. The number of nitrogens with zero attached hydrogens (tertiary/aromatic N) is 2. The predicted octanol–water partition coefficient (Wildman–Crippen LogP) is 3.49. The molecule has 2 N–H and O–H groups in total. The van der Waals surface area contributed by atoms with E-state index in [1.807, 2.05) is 66.7 Å². The molecular weight excluding hydrogens is 404 g/mol. The summed E-state index contributed by atoms with van der Waals surface area (Å²) in [5.41, 5.74) is 6.05. The predicted molar refractivity (Wildman–Crippen MR) is 124 cm³/mol. The Kier molecular flexibility index (Phi) is 6.46. The van der Waals surface area contributed by atoms with Gasteiger partial charge in [-0.25, -0.2) is 0 Å². The highest BCUT2D eigenvalue weighted by Gasteiger charge is 2.26. The molecule has 7 heteroatoms. The third-order valence-electron chi connectivity index (χ3n) is 5.15. The second-order valence-corrected chi connectivity index (χ2v) is 7.49. The van der Waals surface area contributed by atoms with Gasteiger partial charge in [-0.05, 0) is 29.8 Å². The largest absolute Gasteiger partial charge is 0.323 e. The van der Waals surface area contributed by atoms with Crippen LogP contribution in [-0.4, -0.2) is 24.3 Å². The maximum atomic E-state index is 12.8. The highest BCUT2D eigenvalue weighted by atomic mass is 16.2. The summed E-state index contributed by atoms with van der Waals surface area (Å²) in [6.45, 7) is 0.436. The first-order valence-electron chi connectivity index (χ1n) is 10.5. The number of hydrazine groups is 1. The van der Waals surface area contributed by atoms with Crippen molar-refractivity contribution in [1.82, 2.24) is 5.43 Å². The number of amides is 3. The summed E-state index contributed by atoms with van der Waals surface area (Å²) in [5, 5.41) is 4.53. The standard InChI is InChI=1S/C25H24N4O3/c30-23(15-16-25(32)28-18-24(31)26-21-13-7-8-14-22(21)28)27-29(20-11-5-2-6-12-20)17-19-9-3-1-4-10-19/h1-14H,15-18H2,(H,26,31)(H,27,30). The van der Waals surface area contributed by atoms with Crippen LogP contribution in [-0.2, 0) is 20.9 Å². The quantitative estimate of drug-likeness (QED) is 0.565. The molecule has 1 aliphatic heterocycles. The molecule has 0 aromatic heterocycles. The molecule has 162 valence electrons. The highest BCUT2D eigenvalue weighted by molar-refractivity contribution is 6.10. The Hall–Kier alpha value is -4.13. The van der Waals surface area contributed by atoms with Gasteiger partial charge in [0, 0.05) is 12.8 Å². The molecule has 0 radical (unpaired) electrons. The van der Waals surface area contributed by atoms with Crippen LogP contribution in [0, 0.1) is 0 Å². The van der Waals surface area contributed by atoms with Gasteiger partial charge in [-0.3, -0.25) is 24.8 Å². The Bertz CT molecular complexity index is 1100. The summed E-state index contributed by atoms with van der Waals surface area (Å²) in [6.07, 6.45) is 0.0126. The molecule has 1 aliphatic rings. The van der Waals surface area contributed by atoms with Crippen LogP contribution in [0.2, 0.25) is 0 Å². The average Bonchev–Trinajstić information content (AvgIpc) is 2.83. The van der Waals surface area contributed by atoms with E-state index in [4.69, 9.17) is 0 Å². The lowest BCUT2D eigenvalue weighted by atomic mass is 10.1. The fourth-order valence-electron chi connectivity index (χ4n) is 3.59. The molecular formula is C25H24N4O3. The Balaban J connectivity index is 1.40. The maximum Gasteiger partial charge on any atom is 0.244 e. The van der Waals surface area contributed by atoms with Crippen LogP contribution >= 0.6 is 0 Å². The second-order valence-electron chi connectivity index (χ2n) is 7.49. The highest BCUT2D eigenvalue weighted by Crippen LogP contribution is 2.29. The van der Waals surface area contributed by atoms with Gasteiger partial charge in [0.2, 0.25) is 17.7 Å². The van der Waals surface area contributed by atoms with Gasteiger partial charge in [0.1, 0.15) is 6.54 Å². The molecule has 0 saturated heterocycles. The van der Waals surface area contributed by atoms with Crippen LogP contribution in [0.25, 0.3) is 0 Å². The molecule has 0 aliphatic carbocycles. The number of anilines is 3. The van der Waals surface area contributed by atoms with Crippen molar-refractivity contribution in [2.75, 3.05) is 21.8 Å². The normalized spacial score (nSPS) is 12.5. The molecule has 0 fully saturated rings. The van der Waals surface area contributed by atoms with Crippen molar-refractivity contribution in [3.05, 3.63) is 90.5 Å². The Morgan fingerprint density at radius 3 is 2.28 bits per heavy atom. The number of benzene rings is 3. The van der Waals surface area contributed by atoms with Crippen LogP contribution in [0.3, 0.4) is 0 Å². The van der Waals surface area contributed by atoms with Crippen molar-refractivity contribution in [2.24, 2.45) is 0 Å². The van der Waals surface area contributed by atoms with E-state index >= 15 is 0 Å². The van der Waals surface area contributed by atoms with Gasteiger partial charge in [0.25, 0.3) is 0 Å². The number of carbonyl (C=O) groups is 3. The number of hydrogen-bond acceptors (Lipinski definition) is 4. The third-order valence-corrected chi connectivity index (χ3v) is 5.15. The number of hydrogen-bond donors (Lipinski definition) is 2. The molecule has 32 heavy (non-hydrogen) atoms. The van der Waals surface area contributed by atoms with Crippen molar-refractivity contribution in [1.29, 1.82) is 0 Å². The maximum absolute atomic E-state index is 12.8. The monoisotopic (exact) mass is 428 g/mol. The zero-order valence-corrected chi connectivity index (χ0v) is 17.5. The fraction of sp³-hybridized carbons (Fsp3) is 0.160. The third kappa shape index (κ3) is 5.13. The smallest absolute Gasteiger partial charge is 0.244 e. The fourth-order valence-corrected chi connectivity index (χ4v) is 3.59. The van der Waals surface area contributed by atoms with E-state index in [1.54, 1.807) is 23.2 Å². The molecule has 0 spiro atoms. The molecule has 3 aromatic carbocycles. The van der Waals surface area contributed by atoms with E-state index in [0.29, 0.717) is 17.9 Å².